The third-order valence-corrected chi connectivity index (χ3v) is 5.47. The molecule has 0 fully saturated rings. The first-order valence-corrected chi connectivity index (χ1v) is 10.5. The smallest absolute Gasteiger partial charge is 0.260 e. The van der Waals surface area contributed by atoms with Crippen molar-refractivity contribution in [2.45, 2.75) is 13.3 Å². The average Bonchev–Trinajstić information content (AvgIpc) is 3.20. The van der Waals surface area contributed by atoms with Crippen molar-refractivity contribution < 1.29 is 9.53 Å². The normalized spacial score (nSPS) is 10.9. The topological polar surface area (TPSA) is 45.7 Å². The zero-order valence-corrected chi connectivity index (χ0v) is 18.2. The molecule has 3 aromatic rings. The first-order valence-electron chi connectivity index (χ1n) is 9.61. The number of hydrogen-bond donors (Lipinski definition) is 0. The van der Waals surface area contributed by atoms with Crippen molar-refractivity contribution in [2.75, 3.05) is 39.2 Å². The number of aromatic nitrogens is 1. The molecule has 0 N–H and O–H groups in total. The average molecular weight is 410 g/mol. The predicted octanol–water partition coefficient (Wildman–Crippen LogP) is 4.73. The Hall–Kier alpha value is -2.70. The number of aryl methyl sites for hydroxylation is 1. The number of amides is 1. The molecule has 0 radical (unpaired) electrons. The molecule has 5 nitrogen and oxygen atoms in total. The van der Waals surface area contributed by atoms with Crippen molar-refractivity contribution in [1.29, 1.82) is 0 Å². The molecule has 2 aromatic carbocycles. The fourth-order valence-corrected chi connectivity index (χ4v) is 3.90. The fraction of sp³-hybridized carbons (Fsp3) is 0.304. The third-order valence-electron chi connectivity index (χ3n) is 4.61. The van der Waals surface area contributed by atoms with Crippen molar-refractivity contribution in [2.24, 2.45) is 0 Å². The highest BCUT2D eigenvalue weighted by Gasteiger charge is 2.21. The number of rotatable bonds is 8. The Labute approximate surface area is 176 Å². The number of thiazole rings is 1. The lowest BCUT2D eigenvalue weighted by atomic mass is 10.1. The molecular formula is C23H27N3O2S. The molecule has 3 rings (SSSR count). The van der Waals surface area contributed by atoms with E-state index in [0.29, 0.717) is 12.1 Å². The van der Waals surface area contributed by atoms with E-state index in [9.17, 15) is 4.79 Å². The first-order chi connectivity index (χ1) is 14.0. The van der Waals surface area contributed by atoms with Crippen LogP contribution >= 0.6 is 11.3 Å². The molecule has 0 spiro atoms. The highest BCUT2D eigenvalue weighted by Crippen LogP contribution is 2.29. The van der Waals surface area contributed by atoms with E-state index >= 15 is 0 Å². The number of methoxy groups -OCH3 is 1. The van der Waals surface area contributed by atoms with Gasteiger partial charge in [-0.3, -0.25) is 9.69 Å². The first kappa shape index (κ1) is 21.0. The summed E-state index contributed by atoms with van der Waals surface area (Å²) < 4.78 is 5.23. The van der Waals surface area contributed by atoms with Gasteiger partial charge in [0, 0.05) is 23.1 Å². The minimum Gasteiger partial charge on any atom is -0.497 e. The molecule has 0 saturated carbocycles. The number of benzene rings is 2. The largest absolute Gasteiger partial charge is 0.497 e. The van der Waals surface area contributed by atoms with E-state index in [1.165, 1.54) is 11.3 Å². The molecule has 0 saturated heterocycles. The second kappa shape index (κ2) is 9.67. The minimum atomic E-state index is -0.0110. The predicted molar refractivity (Wildman–Crippen MR) is 120 cm³/mol. The van der Waals surface area contributed by atoms with Crippen molar-refractivity contribution in [3.05, 3.63) is 65.0 Å². The van der Waals surface area contributed by atoms with Crippen LogP contribution in [0.25, 0.3) is 11.3 Å². The molecule has 0 unspecified atom stereocenters. The zero-order valence-electron chi connectivity index (χ0n) is 17.4. The van der Waals surface area contributed by atoms with Crippen LogP contribution in [0, 0.1) is 6.92 Å². The highest BCUT2D eigenvalue weighted by molar-refractivity contribution is 7.14. The molecule has 29 heavy (non-hydrogen) atoms. The molecule has 0 atom stereocenters. The molecule has 1 amide bonds. The molecule has 0 aliphatic rings. The lowest BCUT2D eigenvalue weighted by Crippen LogP contribution is -2.33. The van der Waals surface area contributed by atoms with Gasteiger partial charge in [-0.1, -0.05) is 17.7 Å². The van der Waals surface area contributed by atoms with Gasteiger partial charge in [0.1, 0.15) is 5.75 Å². The van der Waals surface area contributed by atoms with Gasteiger partial charge < -0.3 is 9.64 Å². The van der Waals surface area contributed by atoms with Gasteiger partial charge in [0.25, 0.3) is 5.91 Å². The van der Waals surface area contributed by atoms with E-state index in [2.05, 4.69) is 4.90 Å². The Morgan fingerprint density at radius 2 is 1.86 bits per heavy atom. The molecule has 0 aliphatic carbocycles. The molecular weight excluding hydrogens is 382 g/mol. The number of carbonyl (C=O) groups is 1. The Bertz CT molecular complexity index is 951. The number of hydrogen-bond acceptors (Lipinski definition) is 5. The minimum absolute atomic E-state index is 0.0110. The summed E-state index contributed by atoms with van der Waals surface area (Å²) in [5, 5.41) is 2.72. The van der Waals surface area contributed by atoms with Gasteiger partial charge in [0.2, 0.25) is 0 Å². The lowest BCUT2D eigenvalue weighted by molar-refractivity contribution is 0.0986. The van der Waals surface area contributed by atoms with Crippen LogP contribution in [0.5, 0.6) is 5.75 Å². The fourth-order valence-electron chi connectivity index (χ4n) is 3.05. The van der Waals surface area contributed by atoms with Crippen LogP contribution in [0.4, 0.5) is 5.13 Å². The van der Waals surface area contributed by atoms with E-state index in [1.807, 2.05) is 74.9 Å². The zero-order chi connectivity index (χ0) is 20.8. The van der Waals surface area contributed by atoms with Gasteiger partial charge in [0.15, 0.2) is 5.13 Å². The van der Waals surface area contributed by atoms with E-state index in [0.717, 1.165) is 40.7 Å². The van der Waals surface area contributed by atoms with Crippen LogP contribution < -0.4 is 9.64 Å². The van der Waals surface area contributed by atoms with Crippen molar-refractivity contribution in [1.82, 2.24) is 9.88 Å². The summed E-state index contributed by atoms with van der Waals surface area (Å²) in [6.07, 6.45) is 0.877. The summed E-state index contributed by atoms with van der Waals surface area (Å²) in [6, 6.07) is 15.5. The van der Waals surface area contributed by atoms with Gasteiger partial charge in [-0.25, -0.2) is 4.98 Å². The van der Waals surface area contributed by atoms with Crippen LogP contribution in [-0.4, -0.2) is 50.1 Å². The van der Waals surface area contributed by atoms with Crippen molar-refractivity contribution in [3.8, 4) is 17.0 Å². The summed E-state index contributed by atoms with van der Waals surface area (Å²) in [4.78, 5) is 22.0. The summed E-state index contributed by atoms with van der Waals surface area (Å²) in [5.41, 5.74) is 3.63. The van der Waals surface area contributed by atoms with E-state index in [-0.39, 0.29) is 5.91 Å². The van der Waals surface area contributed by atoms with Gasteiger partial charge in [-0.2, -0.15) is 0 Å². The van der Waals surface area contributed by atoms with Crippen molar-refractivity contribution >= 4 is 22.4 Å². The molecule has 0 aliphatic heterocycles. The maximum absolute atomic E-state index is 13.3. The van der Waals surface area contributed by atoms with Crippen LogP contribution in [-0.2, 0) is 0 Å². The van der Waals surface area contributed by atoms with E-state index in [4.69, 9.17) is 9.72 Å². The van der Waals surface area contributed by atoms with Gasteiger partial charge in [-0.05, 0) is 70.4 Å². The summed E-state index contributed by atoms with van der Waals surface area (Å²) in [6.45, 7) is 3.53. The summed E-state index contributed by atoms with van der Waals surface area (Å²) in [5.74, 6) is 0.798. The molecule has 6 heteroatoms. The molecule has 152 valence electrons. The molecule has 1 aromatic heterocycles. The maximum Gasteiger partial charge on any atom is 0.260 e. The Morgan fingerprint density at radius 1 is 1.10 bits per heavy atom. The number of nitrogens with zero attached hydrogens (tertiary/aromatic N) is 3. The second-order valence-electron chi connectivity index (χ2n) is 7.23. The van der Waals surface area contributed by atoms with E-state index < -0.39 is 0 Å². The maximum atomic E-state index is 13.3. The van der Waals surface area contributed by atoms with Gasteiger partial charge >= 0.3 is 0 Å². The highest BCUT2D eigenvalue weighted by atomic mass is 32.1. The van der Waals surface area contributed by atoms with Gasteiger partial charge in [-0.15, -0.1) is 11.3 Å². The quantitative estimate of drug-likeness (QED) is 0.540. The monoisotopic (exact) mass is 409 g/mol. The second-order valence-corrected chi connectivity index (χ2v) is 8.06. The van der Waals surface area contributed by atoms with Crippen molar-refractivity contribution in [3.63, 3.8) is 0 Å². The standard InChI is InChI=1S/C23H27N3O2S/c1-17-7-5-8-19(15-17)22(27)26(14-6-13-25(2)3)23-24-21(16-29-23)18-9-11-20(28-4)12-10-18/h5,7-12,15-16H,6,13-14H2,1-4H3. The number of ether oxygens (including phenoxy) is 1. The van der Waals surface area contributed by atoms with Gasteiger partial charge in [0.05, 0.1) is 12.8 Å². The summed E-state index contributed by atoms with van der Waals surface area (Å²) in [7, 11) is 5.73. The van der Waals surface area contributed by atoms with Crippen LogP contribution in [0.15, 0.2) is 53.9 Å². The Morgan fingerprint density at radius 3 is 2.52 bits per heavy atom. The summed E-state index contributed by atoms with van der Waals surface area (Å²) >= 11 is 1.50. The Balaban J connectivity index is 1.87. The Kier molecular flexibility index (Phi) is 7.01. The molecule has 1 heterocycles. The number of carbonyl (C=O) groups excluding carboxylic acids is 1. The van der Waals surface area contributed by atoms with Crippen LogP contribution in [0.2, 0.25) is 0 Å². The SMILES string of the molecule is COc1ccc(-c2csc(N(CCCN(C)C)C(=O)c3cccc(C)c3)n2)cc1. The van der Waals surface area contributed by atoms with Crippen LogP contribution in [0.1, 0.15) is 22.3 Å². The van der Waals surface area contributed by atoms with Crippen LogP contribution in [0.3, 0.4) is 0 Å². The number of anilines is 1. The molecule has 0 bridgehead atoms. The van der Waals surface area contributed by atoms with E-state index in [1.54, 1.807) is 12.0 Å². The lowest BCUT2D eigenvalue weighted by Gasteiger charge is -2.21. The third kappa shape index (κ3) is 5.43.